The number of halogens is 1. The van der Waals surface area contributed by atoms with Crippen LogP contribution in [0.2, 0.25) is 0 Å². The second kappa shape index (κ2) is 11.8. The number of amides is 1. The Bertz CT molecular complexity index is 1140. The van der Waals surface area contributed by atoms with Crippen LogP contribution in [-0.4, -0.2) is 62.4 Å². The first-order chi connectivity index (χ1) is 16.1. The highest BCUT2D eigenvalue weighted by Crippen LogP contribution is 2.27. The minimum atomic E-state index is -1.57. The van der Waals surface area contributed by atoms with E-state index < -0.39 is 49.0 Å². The molecular formula is C23H27FN4O6. The molecule has 0 fully saturated rings. The Balaban J connectivity index is 0.000000945. The molecule has 2 unspecified atom stereocenters. The molecule has 3 aromatic rings. The standard InChI is InChI=1S/C19H17FN4O6.C4H10/c1-10(18(28)23-13(6-17(26)27)16(25)7-20)30-19(29)24-14-5-3-2-4-11(14)12-8-21-22-9-15(12)24;1-4(2)3/h2-5,8-10,13H,6-7H2,1H3,(H,23,28)(H,26,27);4H,1-3H3. The van der Waals surface area contributed by atoms with Gasteiger partial charge in [0.2, 0.25) is 0 Å². The molecule has 0 saturated carbocycles. The maximum atomic E-state index is 12.8. The summed E-state index contributed by atoms with van der Waals surface area (Å²) in [6, 6.07) is 5.42. The van der Waals surface area contributed by atoms with Gasteiger partial charge in [-0.15, -0.1) is 0 Å². The van der Waals surface area contributed by atoms with Crippen LogP contribution in [0.15, 0.2) is 36.7 Å². The Labute approximate surface area is 195 Å². The van der Waals surface area contributed by atoms with Crippen LogP contribution in [0, 0.1) is 5.92 Å². The van der Waals surface area contributed by atoms with Crippen molar-refractivity contribution >= 4 is 45.6 Å². The summed E-state index contributed by atoms with van der Waals surface area (Å²) in [5.74, 6) is -2.58. The normalized spacial score (nSPS) is 12.5. The number of alkyl halides is 1. The van der Waals surface area contributed by atoms with Crippen molar-refractivity contribution in [2.24, 2.45) is 5.92 Å². The first kappa shape index (κ1) is 26.4. The molecule has 0 aliphatic carbocycles. The molecule has 11 heteroatoms. The third-order valence-corrected chi connectivity index (χ3v) is 4.43. The van der Waals surface area contributed by atoms with Crippen LogP contribution in [0.4, 0.5) is 9.18 Å². The summed E-state index contributed by atoms with van der Waals surface area (Å²) in [5, 5.41) is 19.9. The predicted molar refractivity (Wildman–Crippen MR) is 122 cm³/mol. The summed E-state index contributed by atoms with van der Waals surface area (Å²) in [6.45, 7) is 6.31. The molecule has 10 nitrogen and oxygen atoms in total. The van der Waals surface area contributed by atoms with Crippen molar-refractivity contribution in [3.8, 4) is 0 Å². The number of carboxylic acid groups (broad SMARTS) is 1. The molecule has 34 heavy (non-hydrogen) atoms. The molecule has 1 amide bonds. The first-order valence-electron chi connectivity index (χ1n) is 10.6. The number of para-hydroxylation sites is 1. The second-order valence-corrected chi connectivity index (χ2v) is 8.16. The molecule has 3 rings (SSSR count). The Morgan fingerprint density at radius 2 is 1.65 bits per heavy atom. The Hall–Kier alpha value is -3.89. The summed E-state index contributed by atoms with van der Waals surface area (Å²) >= 11 is 0. The highest BCUT2D eigenvalue weighted by molar-refractivity contribution is 6.12. The molecule has 2 heterocycles. The van der Waals surface area contributed by atoms with E-state index in [4.69, 9.17) is 9.84 Å². The number of ether oxygens (including phenoxy) is 1. The van der Waals surface area contributed by atoms with Crippen molar-refractivity contribution in [2.45, 2.75) is 46.3 Å². The number of rotatable bonds is 7. The zero-order valence-corrected chi connectivity index (χ0v) is 19.3. The van der Waals surface area contributed by atoms with Gasteiger partial charge in [-0.1, -0.05) is 39.0 Å². The smallest absolute Gasteiger partial charge is 0.419 e. The molecule has 0 saturated heterocycles. The van der Waals surface area contributed by atoms with E-state index in [0.717, 1.165) is 11.3 Å². The molecule has 182 valence electrons. The van der Waals surface area contributed by atoms with Crippen LogP contribution < -0.4 is 5.32 Å². The van der Waals surface area contributed by atoms with Crippen LogP contribution in [0.25, 0.3) is 21.8 Å². The van der Waals surface area contributed by atoms with E-state index >= 15 is 0 Å². The Morgan fingerprint density at radius 1 is 1.03 bits per heavy atom. The number of hydrogen-bond donors (Lipinski definition) is 2. The van der Waals surface area contributed by atoms with Crippen LogP contribution >= 0.6 is 0 Å². The van der Waals surface area contributed by atoms with Gasteiger partial charge < -0.3 is 15.2 Å². The topological polar surface area (TPSA) is 140 Å². The molecule has 2 aromatic heterocycles. The van der Waals surface area contributed by atoms with Crippen molar-refractivity contribution in [2.75, 3.05) is 6.67 Å². The van der Waals surface area contributed by atoms with E-state index in [1.165, 1.54) is 23.9 Å². The molecule has 1 aromatic carbocycles. The van der Waals surface area contributed by atoms with Gasteiger partial charge in [0.15, 0.2) is 11.9 Å². The monoisotopic (exact) mass is 474 g/mol. The largest absolute Gasteiger partial charge is 0.481 e. The van der Waals surface area contributed by atoms with Gasteiger partial charge in [0, 0.05) is 10.8 Å². The number of fused-ring (bicyclic) bond motifs is 3. The average molecular weight is 474 g/mol. The minimum absolute atomic E-state index is 0.417. The lowest BCUT2D eigenvalue weighted by Gasteiger charge is -2.18. The lowest BCUT2D eigenvalue weighted by Crippen LogP contribution is -2.47. The summed E-state index contributed by atoms with van der Waals surface area (Å²) in [7, 11) is 0. The number of Topliss-reactive ketones (excluding diaryl/α,β-unsaturated/α-hetero) is 1. The van der Waals surface area contributed by atoms with Gasteiger partial charge in [0.25, 0.3) is 5.91 Å². The fourth-order valence-electron chi connectivity index (χ4n) is 2.98. The number of carbonyl (C=O) groups excluding carboxylic acids is 3. The molecule has 0 aliphatic heterocycles. The third kappa shape index (κ3) is 6.56. The predicted octanol–water partition coefficient (Wildman–Crippen LogP) is 3.12. The van der Waals surface area contributed by atoms with Crippen molar-refractivity contribution in [3.05, 3.63) is 36.7 Å². The van der Waals surface area contributed by atoms with Gasteiger partial charge in [-0.3, -0.25) is 14.4 Å². The van der Waals surface area contributed by atoms with E-state index in [1.807, 2.05) is 0 Å². The number of hydrogen-bond acceptors (Lipinski definition) is 7. The highest BCUT2D eigenvalue weighted by atomic mass is 19.1. The number of nitrogens with zero attached hydrogens (tertiary/aromatic N) is 3. The number of carbonyl (C=O) groups is 4. The van der Waals surface area contributed by atoms with Gasteiger partial charge in [0.05, 0.1) is 29.8 Å². The molecule has 0 radical (unpaired) electrons. The van der Waals surface area contributed by atoms with E-state index in [9.17, 15) is 23.6 Å². The third-order valence-electron chi connectivity index (χ3n) is 4.43. The maximum Gasteiger partial charge on any atom is 0.419 e. The maximum absolute atomic E-state index is 12.8. The molecule has 2 N–H and O–H groups in total. The van der Waals surface area contributed by atoms with Crippen molar-refractivity contribution in [1.82, 2.24) is 20.1 Å². The van der Waals surface area contributed by atoms with Gasteiger partial charge >= 0.3 is 12.1 Å². The van der Waals surface area contributed by atoms with Crippen LogP contribution in [0.1, 0.15) is 34.1 Å². The molecular weight excluding hydrogens is 447 g/mol. The number of benzene rings is 1. The first-order valence-corrected chi connectivity index (χ1v) is 10.6. The molecule has 0 aliphatic rings. The van der Waals surface area contributed by atoms with E-state index in [0.29, 0.717) is 16.4 Å². The Kier molecular flexibility index (Phi) is 9.17. The number of aromatic nitrogens is 3. The highest BCUT2D eigenvalue weighted by Gasteiger charge is 2.28. The SMILES string of the molecule is CC(C)C.CC(OC(=O)n1c2ccccc2c2cnncc21)C(=O)NC(CC(=O)O)C(=O)CF. The van der Waals surface area contributed by atoms with Gasteiger partial charge in [-0.2, -0.15) is 10.2 Å². The fourth-order valence-corrected chi connectivity index (χ4v) is 2.98. The van der Waals surface area contributed by atoms with E-state index in [1.54, 1.807) is 24.3 Å². The summed E-state index contributed by atoms with van der Waals surface area (Å²) < 4.78 is 19.1. The van der Waals surface area contributed by atoms with Gasteiger partial charge in [-0.25, -0.2) is 13.8 Å². The van der Waals surface area contributed by atoms with Gasteiger partial charge in [0.1, 0.15) is 12.7 Å². The van der Waals surface area contributed by atoms with Crippen molar-refractivity contribution in [1.29, 1.82) is 0 Å². The number of carboxylic acids is 1. The van der Waals surface area contributed by atoms with Crippen molar-refractivity contribution in [3.63, 3.8) is 0 Å². The molecule has 0 spiro atoms. The van der Waals surface area contributed by atoms with Crippen molar-refractivity contribution < 1.29 is 33.4 Å². The average Bonchev–Trinajstić information content (AvgIpc) is 3.12. The van der Waals surface area contributed by atoms with Crippen LogP contribution in [0.3, 0.4) is 0 Å². The zero-order chi connectivity index (χ0) is 25.4. The van der Waals surface area contributed by atoms with E-state index in [-0.39, 0.29) is 0 Å². The minimum Gasteiger partial charge on any atom is -0.481 e. The number of aliphatic carboxylic acids is 1. The summed E-state index contributed by atoms with van der Waals surface area (Å²) in [5.41, 5.74) is 0.927. The quantitative estimate of drug-likeness (QED) is 0.532. The zero-order valence-electron chi connectivity index (χ0n) is 19.3. The number of nitrogens with one attached hydrogen (secondary N) is 1. The Morgan fingerprint density at radius 3 is 2.26 bits per heavy atom. The fraction of sp³-hybridized carbons (Fsp3) is 0.391. The molecule has 2 atom stereocenters. The lowest BCUT2D eigenvalue weighted by molar-refractivity contribution is -0.141. The number of ketones is 1. The van der Waals surface area contributed by atoms with Gasteiger partial charge in [-0.05, 0) is 18.9 Å². The summed E-state index contributed by atoms with van der Waals surface area (Å²) in [6.07, 6.45) is -0.183. The summed E-state index contributed by atoms with van der Waals surface area (Å²) in [4.78, 5) is 47.5. The second-order valence-electron chi connectivity index (χ2n) is 8.16. The molecule has 0 bridgehead atoms. The van der Waals surface area contributed by atoms with Crippen LogP contribution in [-0.2, 0) is 19.1 Å². The van der Waals surface area contributed by atoms with E-state index in [2.05, 4.69) is 36.3 Å². The van der Waals surface area contributed by atoms with Crippen LogP contribution in [0.5, 0.6) is 0 Å². The lowest BCUT2D eigenvalue weighted by atomic mass is 10.1.